The van der Waals surface area contributed by atoms with Crippen molar-refractivity contribution in [2.45, 2.75) is 0 Å². The quantitative estimate of drug-likeness (QED) is 0.330. The summed E-state index contributed by atoms with van der Waals surface area (Å²) in [5.41, 5.74) is 0. The third kappa shape index (κ3) is 17.8. The van der Waals surface area contributed by atoms with Crippen molar-refractivity contribution in [1.82, 2.24) is 0 Å². The standard InChI is InChI=1S/Al.3Ca.H2O.9H/h;;;;1H2;;;;;;;;;. The molecule has 0 aromatic heterocycles. The van der Waals surface area contributed by atoms with E-state index in [0.717, 1.165) is 0 Å². The summed E-state index contributed by atoms with van der Waals surface area (Å²) in [4.78, 5) is 0. The molecule has 1 nitrogen and oxygen atoms in total. The second-order valence-electron chi connectivity index (χ2n) is 0. The number of hydrogen-bond donors (Lipinski definition) is 0. The van der Waals surface area contributed by atoms with Crippen molar-refractivity contribution in [3.8, 4) is 0 Å². The van der Waals surface area contributed by atoms with E-state index in [1.165, 1.54) is 0 Å². The van der Waals surface area contributed by atoms with Gasteiger partial charge in [-0.1, -0.05) is 0 Å². The molecule has 0 amide bonds. The van der Waals surface area contributed by atoms with Gasteiger partial charge in [0.05, 0.1) is 0 Å². The summed E-state index contributed by atoms with van der Waals surface area (Å²) < 4.78 is 0. The van der Waals surface area contributed by atoms with Crippen LogP contribution in [0.25, 0.3) is 0 Å². The Balaban J connectivity index is 0. The summed E-state index contributed by atoms with van der Waals surface area (Å²) >= 11 is 0. The molecule has 0 saturated carbocycles. The monoisotopic (exact) mass is 174 g/mol. The molecule has 0 aliphatic carbocycles. The van der Waals surface area contributed by atoms with Crippen LogP contribution in [0, 0.1) is 0 Å². The minimum atomic E-state index is 0. The van der Waals surface area contributed by atoms with Crippen LogP contribution in [0.5, 0.6) is 0 Å². The van der Waals surface area contributed by atoms with Crippen LogP contribution in [0.1, 0.15) is 0 Å². The molecular formula is H11AlCa3O. The van der Waals surface area contributed by atoms with Gasteiger partial charge in [-0.05, 0) is 0 Å². The normalized spacial score (nSPS) is 0. The third-order valence-electron chi connectivity index (χ3n) is 0. The maximum atomic E-state index is 0. The van der Waals surface area contributed by atoms with Crippen LogP contribution in [-0.4, -0.2) is 136 Å². The first kappa shape index (κ1) is 34.8. The number of rotatable bonds is 0. The van der Waals surface area contributed by atoms with Crippen LogP contribution in [-0.2, 0) is 0 Å². The van der Waals surface area contributed by atoms with Gasteiger partial charge in [0.25, 0.3) is 0 Å². The molecule has 0 unspecified atom stereocenters. The predicted molar refractivity (Wildman–Crippen MR) is 39.2 cm³/mol. The zero-order valence-electron chi connectivity index (χ0n) is 0.500. The Bertz CT molecular complexity index is 6.85. The molecule has 0 radical (unpaired) electrons. The van der Waals surface area contributed by atoms with E-state index in [1.807, 2.05) is 0 Å². The van der Waals surface area contributed by atoms with Gasteiger partial charge in [-0.2, -0.15) is 0 Å². The van der Waals surface area contributed by atoms with Crippen molar-refractivity contribution >= 4 is 131 Å². The van der Waals surface area contributed by atoms with Gasteiger partial charge in [-0.15, -0.1) is 0 Å². The summed E-state index contributed by atoms with van der Waals surface area (Å²) in [6.07, 6.45) is 0. The van der Waals surface area contributed by atoms with Gasteiger partial charge in [0, 0.05) is 0 Å². The Labute approximate surface area is 132 Å². The molecular weight excluding hydrogens is 163 g/mol. The van der Waals surface area contributed by atoms with Crippen LogP contribution < -0.4 is 0 Å². The summed E-state index contributed by atoms with van der Waals surface area (Å²) in [5.74, 6) is 0. The Morgan fingerprint density at radius 1 is 0.600 bits per heavy atom. The van der Waals surface area contributed by atoms with Gasteiger partial charge in [0.1, 0.15) is 0 Å². The van der Waals surface area contributed by atoms with Crippen molar-refractivity contribution in [3.63, 3.8) is 0 Å². The zero-order valence-corrected chi connectivity index (χ0v) is 0.500. The van der Waals surface area contributed by atoms with E-state index < -0.39 is 0 Å². The molecule has 0 aliphatic heterocycles. The molecule has 0 spiro atoms. The summed E-state index contributed by atoms with van der Waals surface area (Å²) in [6, 6.07) is 0. The average Bonchev–Trinajstić information content (AvgIpc) is 0. The minimum absolute atomic E-state index is 0. The van der Waals surface area contributed by atoms with E-state index in [0.29, 0.717) is 0 Å². The molecule has 26 valence electrons. The van der Waals surface area contributed by atoms with E-state index in [9.17, 15) is 0 Å². The Kier molecular flexibility index (Phi) is 167. The molecule has 5 heavy (non-hydrogen) atoms. The van der Waals surface area contributed by atoms with Crippen LogP contribution in [0.4, 0.5) is 0 Å². The molecule has 0 heterocycles. The molecule has 0 fully saturated rings. The fourth-order valence-electron chi connectivity index (χ4n) is 0. The van der Waals surface area contributed by atoms with Crippen LogP contribution in [0.15, 0.2) is 0 Å². The molecule has 0 aromatic carbocycles. The van der Waals surface area contributed by atoms with Crippen molar-refractivity contribution in [3.05, 3.63) is 0 Å². The molecule has 0 aliphatic rings. The van der Waals surface area contributed by atoms with Gasteiger partial charge in [0.15, 0.2) is 17.4 Å². The fourth-order valence-corrected chi connectivity index (χ4v) is 0. The van der Waals surface area contributed by atoms with Crippen LogP contribution in [0.2, 0.25) is 0 Å². The second-order valence-corrected chi connectivity index (χ2v) is 0. The maximum absolute atomic E-state index is 0. The van der Waals surface area contributed by atoms with Crippen molar-refractivity contribution < 1.29 is 5.48 Å². The van der Waals surface area contributed by atoms with Gasteiger partial charge in [0.2, 0.25) is 0 Å². The van der Waals surface area contributed by atoms with E-state index in [-0.39, 0.29) is 136 Å². The van der Waals surface area contributed by atoms with Crippen molar-refractivity contribution in [2.24, 2.45) is 0 Å². The van der Waals surface area contributed by atoms with E-state index in [4.69, 9.17) is 0 Å². The Morgan fingerprint density at radius 2 is 0.600 bits per heavy atom. The first-order valence-electron chi connectivity index (χ1n) is 0. The molecule has 0 aromatic rings. The van der Waals surface area contributed by atoms with Crippen LogP contribution >= 0.6 is 0 Å². The Hall–Kier alpha value is 4.27. The first-order chi connectivity index (χ1) is 0. The van der Waals surface area contributed by atoms with Crippen molar-refractivity contribution in [2.75, 3.05) is 0 Å². The SMILES string of the molecule is O.[AlH3].[CaH2].[CaH2].[CaH2]. The first-order valence-corrected chi connectivity index (χ1v) is 0. The molecule has 0 atom stereocenters. The van der Waals surface area contributed by atoms with Gasteiger partial charge in [-0.3, -0.25) is 0 Å². The number of hydrogen-bond acceptors (Lipinski definition) is 0. The predicted octanol–water partition coefficient (Wildman–Crippen LogP) is -4.76. The molecule has 0 bridgehead atoms. The summed E-state index contributed by atoms with van der Waals surface area (Å²) in [5, 5.41) is 0. The molecule has 2 N–H and O–H groups in total. The van der Waals surface area contributed by atoms with Gasteiger partial charge < -0.3 is 5.48 Å². The van der Waals surface area contributed by atoms with E-state index >= 15 is 0 Å². The van der Waals surface area contributed by atoms with E-state index in [2.05, 4.69) is 0 Å². The Morgan fingerprint density at radius 3 is 0.600 bits per heavy atom. The summed E-state index contributed by atoms with van der Waals surface area (Å²) in [6.45, 7) is 0. The third-order valence-corrected chi connectivity index (χ3v) is 0. The second kappa shape index (κ2) is 24.0. The van der Waals surface area contributed by atoms with Crippen LogP contribution in [0.3, 0.4) is 0 Å². The van der Waals surface area contributed by atoms with Gasteiger partial charge >= 0.3 is 113 Å². The average molecular weight is 174 g/mol. The molecule has 5 heteroatoms. The fraction of sp³-hybridized carbons (Fsp3) is 0. The zero-order chi connectivity index (χ0) is 0. The van der Waals surface area contributed by atoms with Gasteiger partial charge in [-0.25, -0.2) is 0 Å². The summed E-state index contributed by atoms with van der Waals surface area (Å²) in [7, 11) is 0. The van der Waals surface area contributed by atoms with E-state index in [1.54, 1.807) is 0 Å². The van der Waals surface area contributed by atoms with Crippen molar-refractivity contribution in [1.29, 1.82) is 0 Å². The molecule has 0 saturated heterocycles. The molecule has 0 rings (SSSR count). The topological polar surface area (TPSA) is 31.5 Å².